The summed E-state index contributed by atoms with van der Waals surface area (Å²) in [4.78, 5) is 15.3. The molecule has 1 heterocycles. The van der Waals surface area contributed by atoms with Crippen molar-refractivity contribution in [3.8, 4) is 0 Å². The SMILES string of the molecule is C=C(CN1CCN(c2cccc(C)c2C)CC1)C(=O)O. The zero-order valence-electron chi connectivity index (χ0n) is 12.2. The van der Waals surface area contributed by atoms with Gasteiger partial charge in [0.05, 0.1) is 0 Å². The van der Waals surface area contributed by atoms with Crippen LogP contribution in [0.2, 0.25) is 0 Å². The Bertz CT molecular complexity index is 517. The van der Waals surface area contributed by atoms with Crippen molar-refractivity contribution in [3.05, 3.63) is 41.5 Å². The number of anilines is 1. The summed E-state index contributed by atoms with van der Waals surface area (Å²) in [5.41, 5.74) is 4.20. The number of carbonyl (C=O) groups is 1. The molecule has 20 heavy (non-hydrogen) atoms. The van der Waals surface area contributed by atoms with Crippen molar-refractivity contribution < 1.29 is 9.90 Å². The number of nitrogens with zero attached hydrogens (tertiary/aromatic N) is 2. The van der Waals surface area contributed by atoms with Crippen molar-refractivity contribution in [2.45, 2.75) is 13.8 Å². The molecule has 1 aromatic rings. The third kappa shape index (κ3) is 3.20. The molecule has 0 bridgehead atoms. The van der Waals surface area contributed by atoms with E-state index in [2.05, 4.69) is 48.4 Å². The number of aliphatic carboxylic acids is 1. The Morgan fingerprint density at radius 1 is 1.25 bits per heavy atom. The van der Waals surface area contributed by atoms with Gasteiger partial charge in [-0.1, -0.05) is 18.7 Å². The summed E-state index contributed by atoms with van der Waals surface area (Å²) in [7, 11) is 0. The number of aryl methyl sites for hydroxylation is 1. The molecule has 1 aromatic carbocycles. The normalized spacial score (nSPS) is 16.2. The molecule has 4 heteroatoms. The highest BCUT2D eigenvalue weighted by Gasteiger charge is 2.20. The topological polar surface area (TPSA) is 43.8 Å². The van der Waals surface area contributed by atoms with E-state index in [0.29, 0.717) is 6.54 Å². The van der Waals surface area contributed by atoms with Crippen LogP contribution < -0.4 is 4.90 Å². The summed E-state index contributed by atoms with van der Waals surface area (Å²) >= 11 is 0. The highest BCUT2D eigenvalue weighted by molar-refractivity contribution is 5.86. The monoisotopic (exact) mass is 274 g/mol. The van der Waals surface area contributed by atoms with E-state index >= 15 is 0 Å². The van der Waals surface area contributed by atoms with Gasteiger partial charge in [0.2, 0.25) is 0 Å². The van der Waals surface area contributed by atoms with Gasteiger partial charge >= 0.3 is 5.97 Å². The van der Waals surface area contributed by atoms with E-state index in [1.807, 2.05) is 0 Å². The standard InChI is InChI=1S/C16H22N2O2/c1-12-5-4-6-15(14(12)3)18-9-7-17(8-10-18)11-13(2)16(19)20/h4-6H,2,7-11H2,1,3H3,(H,19,20). The highest BCUT2D eigenvalue weighted by Crippen LogP contribution is 2.23. The number of hydrogen-bond donors (Lipinski definition) is 1. The molecule has 2 rings (SSSR count). The Labute approximate surface area is 120 Å². The predicted molar refractivity (Wildman–Crippen MR) is 81.3 cm³/mol. The maximum absolute atomic E-state index is 10.8. The van der Waals surface area contributed by atoms with Crippen LogP contribution in [0.4, 0.5) is 5.69 Å². The largest absolute Gasteiger partial charge is 0.478 e. The summed E-state index contributed by atoms with van der Waals surface area (Å²) in [5, 5.41) is 8.87. The van der Waals surface area contributed by atoms with Crippen molar-refractivity contribution >= 4 is 11.7 Å². The van der Waals surface area contributed by atoms with E-state index in [1.165, 1.54) is 16.8 Å². The van der Waals surface area contributed by atoms with Crippen molar-refractivity contribution in [2.24, 2.45) is 0 Å². The van der Waals surface area contributed by atoms with Gasteiger partial charge < -0.3 is 10.0 Å². The summed E-state index contributed by atoms with van der Waals surface area (Å²) in [6.07, 6.45) is 0. The van der Waals surface area contributed by atoms with Gasteiger partial charge in [0.1, 0.15) is 0 Å². The Morgan fingerprint density at radius 2 is 1.90 bits per heavy atom. The minimum atomic E-state index is -0.901. The first-order valence-electron chi connectivity index (χ1n) is 6.93. The van der Waals surface area contributed by atoms with E-state index < -0.39 is 5.97 Å². The molecule has 0 aliphatic carbocycles. The molecule has 0 radical (unpaired) electrons. The Hall–Kier alpha value is -1.81. The van der Waals surface area contributed by atoms with Crippen LogP contribution in [-0.4, -0.2) is 48.7 Å². The second kappa shape index (κ2) is 6.09. The minimum Gasteiger partial charge on any atom is -0.478 e. The van der Waals surface area contributed by atoms with E-state index in [9.17, 15) is 4.79 Å². The lowest BCUT2D eigenvalue weighted by molar-refractivity contribution is -0.132. The van der Waals surface area contributed by atoms with Gasteiger partial charge in [-0.15, -0.1) is 0 Å². The number of piperazine rings is 1. The third-order valence-corrected chi connectivity index (χ3v) is 4.01. The molecule has 0 unspecified atom stereocenters. The zero-order chi connectivity index (χ0) is 14.7. The maximum Gasteiger partial charge on any atom is 0.332 e. The fourth-order valence-electron chi connectivity index (χ4n) is 2.56. The molecular weight excluding hydrogens is 252 g/mol. The average molecular weight is 274 g/mol. The van der Waals surface area contributed by atoms with E-state index in [-0.39, 0.29) is 5.57 Å². The lowest BCUT2D eigenvalue weighted by Gasteiger charge is -2.37. The molecule has 1 saturated heterocycles. The van der Waals surface area contributed by atoms with Gasteiger partial charge in [-0.2, -0.15) is 0 Å². The molecule has 0 saturated carbocycles. The molecule has 1 fully saturated rings. The maximum atomic E-state index is 10.8. The second-order valence-corrected chi connectivity index (χ2v) is 5.39. The van der Waals surface area contributed by atoms with Gasteiger partial charge in [-0.05, 0) is 31.0 Å². The number of carboxylic acids is 1. The third-order valence-electron chi connectivity index (χ3n) is 4.01. The number of benzene rings is 1. The minimum absolute atomic E-state index is 0.269. The molecule has 4 nitrogen and oxygen atoms in total. The first-order valence-corrected chi connectivity index (χ1v) is 6.93. The summed E-state index contributed by atoms with van der Waals surface area (Å²) in [5.74, 6) is -0.901. The predicted octanol–water partition coefficient (Wildman–Crippen LogP) is 2.07. The van der Waals surface area contributed by atoms with Crippen LogP contribution in [0, 0.1) is 13.8 Å². The lowest BCUT2D eigenvalue weighted by atomic mass is 10.1. The smallest absolute Gasteiger partial charge is 0.332 e. The lowest BCUT2D eigenvalue weighted by Crippen LogP contribution is -2.47. The zero-order valence-corrected chi connectivity index (χ0v) is 12.2. The van der Waals surface area contributed by atoms with Crippen molar-refractivity contribution in [3.63, 3.8) is 0 Å². The molecule has 0 spiro atoms. The fourth-order valence-corrected chi connectivity index (χ4v) is 2.56. The van der Waals surface area contributed by atoms with Crippen LogP contribution in [0.25, 0.3) is 0 Å². The molecular formula is C16H22N2O2. The molecule has 108 valence electrons. The average Bonchev–Trinajstić information content (AvgIpc) is 2.43. The fraction of sp³-hybridized carbons (Fsp3) is 0.438. The van der Waals surface area contributed by atoms with E-state index in [4.69, 9.17) is 5.11 Å². The highest BCUT2D eigenvalue weighted by atomic mass is 16.4. The second-order valence-electron chi connectivity index (χ2n) is 5.39. The van der Waals surface area contributed by atoms with Crippen molar-refractivity contribution in [1.29, 1.82) is 0 Å². The van der Waals surface area contributed by atoms with Crippen LogP contribution in [0.15, 0.2) is 30.4 Å². The molecule has 0 aromatic heterocycles. The van der Waals surface area contributed by atoms with Gasteiger partial charge in [0.25, 0.3) is 0 Å². The first kappa shape index (κ1) is 14.6. The van der Waals surface area contributed by atoms with Crippen LogP contribution >= 0.6 is 0 Å². The number of hydrogen-bond acceptors (Lipinski definition) is 3. The molecule has 0 amide bonds. The molecule has 0 atom stereocenters. The van der Waals surface area contributed by atoms with Gasteiger partial charge in [-0.3, -0.25) is 4.90 Å². The summed E-state index contributed by atoms with van der Waals surface area (Å²) < 4.78 is 0. The Balaban J connectivity index is 1.96. The van der Waals surface area contributed by atoms with E-state index in [0.717, 1.165) is 26.2 Å². The van der Waals surface area contributed by atoms with Crippen LogP contribution in [0.5, 0.6) is 0 Å². The van der Waals surface area contributed by atoms with Crippen molar-refractivity contribution in [2.75, 3.05) is 37.6 Å². The van der Waals surface area contributed by atoms with E-state index in [1.54, 1.807) is 0 Å². The number of rotatable bonds is 4. The van der Waals surface area contributed by atoms with Crippen LogP contribution in [0.1, 0.15) is 11.1 Å². The molecule has 1 aliphatic rings. The summed E-state index contributed by atoms with van der Waals surface area (Å²) in [6.45, 7) is 11.9. The molecule has 1 aliphatic heterocycles. The van der Waals surface area contributed by atoms with Crippen molar-refractivity contribution in [1.82, 2.24) is 4.90 Å². The summed E-state index contributed by atoms with van der Waals surface area (Å²) in [6, 6.07) is 6.39. The number of carboxylic acid groups (broad SMARTS) is 1. The van der Waals surface area contributed by atoms with Crippen LogP contribution in [-0.2, 0) is 4.79 Å². The quantitative estimate of drug-likeness (QED) is 0.854. The van der Waals surface area contributed by atoms with Crippen LogP contribution in [0.3, 0.4) is 0 Å². The van der Waals surface area contributed by atoms with Gasteiger partial charge in [0, 0.05) is 44.0 Å². The van der Waals surface area contributed by atoms with Gasteiger partial charge in [0.15, 0.2) is 0 Å². The molecule has 1 N–H and O–H groups in total. The van der Waals surface area contributed by atoms with Gasteiger partial charge in [-0.25, -0.2) is 4.79 Å². The Kier molecular flexibility index (Phi) is 4.45. The Morgan fingerprint density at radius 3 is 2.50 bits per heavy atom. The first-order chi connectivity index (χ1) is 9.49.